The Labute approximate surface area is 126 Å². The zero-order chi connectivity index (χ0) is 13.8. The van der Waals surface area contributed by atoms with E-state index in [1.165, 1.54) is 49.8 Å². The molecule has 0 amide bonds. The summed E-state index contributed by atoms with van der Waals surface area (Å²) in [5.74, 6) is 3.13. The highest BCUT2D eigenvalue weighted by atomic mass is 32.2. The molecule has 1 aromatic rings. The number of aromatic nitrogens is 2. The summed E-state index contributed by atoms with van der Waals surface area (Å²) in [6.07, 6.45) is 10.5. The van der Waals surface area contributed by atoms with Crippen molar-refractivity contribution in [3.05, 3.63) is 17.1 Å². The van der Waals surface area contributed by atoms with Gasteiger partial charge in [0.15, 0.2) is 0 Å². The van der Waals surface area contributed by atoms with Crippen LogP contribution in [0.25, 0.3) is 0 Å². The van der Waals surface area contributed by atoms with E-state index in [2.05, 4.69) is 24.0 Å². The van der Waals surface area contributed by atoms with Crippen molar-refractivity contribution in [3.8, 4) is 0 Å². The molecular weight excluding hydrogens is 266 g/mol. The van der Waals surface area contributed by atoms with E-state index in [1.54, 1.807) is 0 Å². The summed E-state index contributed by atoms with van der Waals surface area (Å²) in [6.45, 7) is 3.08. The highest BCUT2D eigenvalue weighted by Crippen LogP contribution is 2.31. The minimum Gasteiger partial charge on any atom is -0.370 e. The second kappa shape index (κ2) is 6.79. The third-order valence-electron chi connectivity index (χ3n) is 4.32. The maximum atomic E-state index is 4.81. The smallest absolute Gasteiger partial charge is 0.140 e. The molecule has 3 nitrogen and oxygen atoms in total. The van der Waals surface area contributed by atoms with Gasteiger partial charge in [0.2, 0.25) is 0 Å². The van der Waals surface area contributed by atoms with Gasteiger partial charge in [0, 0.05) is 23.1 Å². The number of aryl methyl sites for hydroxylation is 1. The Balaban J connectivity index is 1.68. The van der Waals surface area contributed by atoms with Gasteiger partial charge in [-0.1, -0.05) is 19.3 Å². The summed E-state index contributed by atoms with van der Waals surface area (Å²) in [5, 5.41) is 4.26. The lowest BCUT2D eigenvalue weighted by Crippen LogP contribution is -2.11. The molecule has 4 heteroatoms. The first-order valence-corrected chi connectivity index (χ1v) is 9.16. The molecule has 0 spiro atoms. The van der Waals surface area contributed by atoms with Gasteiger partial charge >= 0.3 is 0 Å². The second-order valence-corrected chi connectivity index (χ2v) is 7.16. The number of anilines is 1. The van der Waals surface area contributed by atoms with Crippen molar-refractivity contribution >= 4 is 17.6 Å². The first-order chi connectivity index (χ1) is 9.86. The first kappa shape index (κ1) is 14.2. The average Bonchev–Trinajstić information content (AvgIpc) is 2.95. The summed E-state index contributed by atoms with van der Waals surface area (Å²) >= 11 is 2.07. The zero-order valence-electron chi connectivity index (χ0n) is 12.5. The molecule has 2 aliphatic rings. The first-order valence-electron chi connectivity index (χ1n) is 8.11. The van der Waals surface area contributed by atoms with Crippen LogP contribution in [0.5, 0.6) is 0 Å². The SMILES string of the molecule is CCNc1nc(CSC2CCCCC2)nc2c1CCC2. The van der Waals surface area contributed by atoms with Crippen LogP contribution in [0.2, 0.25) is 0 Å². The van der Waals surface area contributed by atoms with E-state index in [9.17, 15) is 0 Å². The van der Waals surface area contributed by atoms with Crippen LogP contribution in [-0.2, 0) is 18.6 Å². The Morgan fingerprint density at radius 1 is 1.10 bits per heavy atom. The lowest BCUT2D eigenvalue weighted by molar-refractivity contribution is 0.516. The molecule has 0 radical (unpaired) electrons. The van der Waals surface area contributed by atoms with Gasteiger partial charge in [0.25, 0.3) is 0 Å². The predicted molar refractivity (Wildman–Crippen MR) is 86.4 cm³/mol. The van der Waals surface area contributed by atoms with Crippen LogP contribution in [0.15, 0.2) is 0 Å². The Morgan fingerprint density at radius 2 is 1.95 bits per heavy atom. The van der Waals surface area contributed by atoms with E-state index < -0.39 is 0 Å². The van der Waals surface area contributed by atoms with Crippen molar-refractivity contribution in [2.45, 2.75) is 69.3 Å². The Bertz CT molecular complexity index is 455. The zero-order valence-corrected chi connectivity index (χ0v) is 13.3. The minimum atomic E-state index is 0.836. The maximum Gasteiger partial charge on any atom is 0.140 e. The average molecular weight is 291 g/mol. The van der Waals surface area contributed by atoms with Crippen LogP contribution in [0.1, 0.15) is 62.5 Å². The lowest BCUT2D eigenvalue weighted by atomic mass is 10.0. The van der Waals surface area contributed by atoms with Crippen molar-refractivity contribution in [2.75, 3.05) is 11.9 Å². The van der Waals surface area contributed by atoms with Gasteiger partial charge in [-0.15, -0.1) is 0 Å². The predicted octanol–water partition coefficient (Wildman–Crippen LogP) is 3.96. The van der Waals surface area contributed by atoms with Gasteiger partial charge in [0.1, 0.15) is 11.6 Å². The molecule has 1 fully saturated rings. The van der Waals surface area contributed by atoms with Crippen molar-refractivity contribution in [1.82, 2.24) is 9.97 Å². The molecule has 0 aliphatic heterocycles. The Kier molecular flexibility index (Phi) is 4.81. The molecule has 20 heavy (non-hydrogen) atoms. The van der Waals surface area contributed by atoms with E-state index >= 15 is 0 Å². The summed E-state index contributed by atoms with van der Waals surface area (Å²) < 4.78 is 0. The third kappa shape index (κ3) is 3.27. The van der Waals surface area contributed by atoms with Gasteiger partial charge in [-0.3, -0.25) is 0 Å². The molecule has 0 unspecified atom stereocenters. The van der Waals surface area contributed by atoms with Gasteiger partial charge in [0.05, 0.1) is 5.75 Å². The molecule has 2 aliphatic carbocycles. The van der Waals surface area contributed by atoms with Crippen LogP contribution in [-0.4, -0.2) is 21.8 Å². The van der Waals surface area contributed by atoms with Crippen LogP contribution in [0, 0.1) is 0 Å². The Hall–Kier alpha value is -0.770. The van der Waals surface area contributed by atoms with Crippen LogP contribution in [0.4, 0.5) is 5.82 Å². The number of hydrogen-bond donors (Lipinski definition) is 1. The molecule has 1 saturated carbocycles. The molecule has 0 atom stereocenters. The highest BCUT2D eigenvalue weighted by molar-refractivity contribution is 7.99. The molecule has 0 bridgehead atoms. The standard InChI is InChI=1S/C16H25N3S/c1-2-17-16-13-9-6-10-14(13)18-15(19-16)11-20-12-7-4-3-5-8-12/h12H,2-11H2,1H3,(H,17,18,19). The number of hydrogen-bond acceptors (Lipinski definition) is 4. The largest absolute Gasteiger partial charge is 0.370 e. The quantitative estimate of drug-likeness (QED) is 0.891. The van der Waals surface area contributed by atoms with E-state index in [0.29, 0.717) is 0 Å². The molecule has 110 valence electrons. The normalized spacial score (nSPS) is 19.1. The van der Waals surface area contributed by atoms with E-state index in [1.807, 2.05) is 0 Å². The molecule has 3 rings (SSSR count). The van der Waals surface area contributed by atoms with Gasteiger partial charge in [-0.25, -0.2) is 9.97 Å². The van der Waals surface area contributed by atoms with E-state index in [4.69, 9.17) is 9.97 Å². The summed E-state index contributed by atoms with van der Waals surface area (Å²) in [7, 11) is 0. The molecule has 1 heterocycles. The topological polar surface area (TPSA) is 37.8 Å². The molecule has 0 aromatic carbocycles. The highest BCUT2D eigenvalue weighted by Gasteiger charge is 2.20. The van der Waals surface area contributed by atoms with Crippen molar-refractivity contribution in [2.24, 2.45) is 0 Å². The minimum absolute atomic E-state index is 0.836. The molecular formula is C16H25N3S. The number of rotatable bonds is 5. The van der Waals surface area contributed by atoms with Crippen molar-refractivity contribution in [1.29, 1.82) is 0 Å². The van der Waals surface area contributed by atoms with Crippen LogP contribution < -0.4 is 5.32 Å². The second-order valence-electron chi connectivity index (χ2n) is 5.87. The number of thioether (sulfide) groups is 1. The fourth-order valence-corrected chi connectivity index (χ4v) is 4.47. The summed E-state index contributed by atoms with van der Waals surface area (Å²) in [6, 6.07) is 0. The van der Waals surface area contributed by atoms with Gasteiger partial charge in [-0.2, -0.15) is 11.8 Å². The monoisotopic (exact) mass is 291 g/mol. The summed E-state index contributed by atoms with van der Waals surface area (Å²) in [5.41, 5.74) is 2.67. The fraction of sp³-hybridized carbons (Fsp3) is 0.750. The van der Waals surface area contributed by atoms with E-state index in [-0.39, 0.29) is 0 Å². The maximum absolute atomic E-state index is 4.81. The van der Waals surface area contributed by atoms with Crippen LogP contribution >= 0.6 is 11.8 Å². The van der Waals surface area contributed by atoms with Crippen molar-refractivity contribution < 1.29 is 0 Å². The summed E-state index contributed by atoms with van der Waals surface area (Å²) in [4.78, 5) is 9.58. The van der Waals surface area contributed by atoms with Gasteiger partial charge in [-0.05, 0) is 39.0 Å². The molecule has 1 N–H and O–H groups in total. The number of nitrogens with zero attached hydrogens (tertiary/aromatic N) is 2. The van der Waals surface area contributed by atoms with E-state index in [0.717, 1.165) is 42.0 Å². The lowest BCUT2D eigenvalue weighted by Gasteiger charge is -2.20. The number of nitrogens with one attached hydrogen (secondary N) is 1. The van der Waals surface area contributed by atoms with Crippen LogP contribution in [0.3, 0.4) is 0 Å². The van der Waals surface area contributed by atoms with Crippen molar-refractivity contribution in [3.63, 3.8) is 0 Å². The number of fused-ring (bicyclic) bond motifs is 1. The fourth-order valence-electron chi connectivity index (χ4n) is 3.29. The molecule has 1 aromatic heterocycles. The molecule has 0 saturated heterocycles. The third-order valence-corrected chi connectivity index (χ3v) is 5.69. The Morgan fingerprint density at radius 3 is 2.75 bits per heavy atom. The van der Waals surface area contributed by atoms with Gasteiger partial charge < -0.3 is 5.32 Å².